The Morgan fingerprint density at radius 2 is 2.38 bits per heavy atom. The molecule has 1 fully saturated rings. The molecular formula is C13H14ClNO. The van der Waals surface area contributed by atoms with Gasteiger partial charge in [-0.2, -0.15) is 0 Å². The maximum atomic E-state index is 6.04. The first kappa shape index (κ1) is 10.2. The number of benzene rings is 1. The van der Waals surface area contributed by atoms with Crippen LogP contribution in [0.25, 0.3) is 0 Å². The number of nitrogens with zero attached hydrogens (tertiary/aromatic N) is 1. The molecule has 84 valence electrons. The zero-order chi connectivity index (χ0) is 11.1. The maximum absolute atomic E-state index is 6.04. The van der Waals surface area contributed by atoms with Crippen molar-refractivity contribution in [2.75, 3.05) is 11.4 Å². The molecule has 3 rings (SSSR count). The van der Waals surface area contributed by atoms with Gasteiger partial charge in [0.15, 0.2) is 0 Å². The van der Waals surface area contributed by atoms with Gasteiger partial charge in [-0.1, -0.05) is 17.7 Å². The Morgan fingerprint density at radius 1 is 1.50 bits per heavy atom. The second kappa shape index (κ2) is 3.79. The highest BCUT2D eigenvalue weighted by atomic mass is 35.5. The van der Waals surface area contributed by atoms with Gasteiger partial charge in [-0.05, 0) is 31.0 Å². The highest BCUT2D eigenvalue weighted by molar-refractivity contribution is 6.30. The highest BCUT2D eigenvalue weighted by Gasteiger charge is 2.38. The smallest absolute Gasteiger partial charge is 0.131 e. The predicted octanol–water partition coefficient (Wildman–Crippen LogP) is 3.52. The van der Waals surface area contributed by atoms with Crippen molar-refractivity contribution in [2.45, 2.75) is 25.2 Å². The average Bonchev–Trinajstić information content (AvgIpc) is 2.70. The molecule has 1 aromatic carbocycles. The number of rotatable bonds is 2. The summed E-state index contributed by atoms with van der Waals surface area (Å²) in [5.41, 5.74) is 2.48. The van der Waals surface area contributed by atoms with Gasteiger partial charge in [0, 0.05) is 22.8 Å². The van der Waals surface area contributed by atoms with Crippen LogP contribution in [0.15, 0.2) is 30.9 Å². The number of halogens is 1. The van der Waals surface area contributed by atoms with Gasteiger partial charge in [0.05, 0.1) is 6.10 Å². The molecule has 1 aromatic rings. The molecule has 2 heterocycles. The summed E-state index contributed by atoms with van der Waals surface area (Å²) in [5.74, 6) is 0. The maximum Gasteiger partial charge on any atom is 0.131 e. The normalized spacial score (nSPS) is 26.7. The van der Waals surface area contributed by atoms with Crippen molar-refractivity contribution in [3.8, 4) is 0 Å². The summed E-state index contributed by atoms with van der Waals surface area (Å²) in [6, 6.07) is 6.06. The largest absolute Gasteiger partial charge is 0.350 e. The number of hydrogen-bond donors (Lipinski definition) is 0. The Morgan fingerprint density at radius 3 is 3.19 bits per heavy atom. The van der Waals surface area contributed by atoms with Crippen LogP contribution >= 0.6 is 11.6 Å². The molecule has 0 aromatic heterocycles. The molecule has 2 atom stereocenters. The Bertz CT molecular complexity index is 432. The first-order chi connectivity index (χ1) is 7.79. The third-order valence-corrected chi connectivity index (χ3v) is 3.55. The molecule has 0 spiro atoms. The van der Waals surface area contributed by atoms with Crippen LogP contribution in [0.4, 0.5) is 5.69 Å². The van der Waals surface area contributed by atoms with E-state index in [0.29, 0.717) is 0 Å². The molecule has 0 N–H and O–H groups in total. The van der Waals surface area contributed by atoms with E-state index in [1.807, 2.05) is 18.2 Å². The molecule has 2 aliphatic heterocycles. The molecule has 2 unspecified atom stereocenters. The van der Waals surface area contributed by atoms with E-state index in [4.69, 9.17) is 16.3 Å². The third kappa shape index (κ3) is 1.45. The fourth-order valence-electron chi connectivity index (χ4n) is 2.63. The van der Waals surface area contributed by atoms with Crippen molar-refractivity contribution in [2.24, 2.45) is 0 Å². The van der Waals surface area contributed by atoms with Crippen LogP contribution in [0.2, 0.25) is 5.02 Å². The summed E-state index contributed by atoms with van der Waals surface area (Å²) in [7, 11) is 0. The van der Waals surface area contributed by atoms with Crippen LogP contribution in [-0.2, 0) is 4.74 Å². The molecule has 3 heteroatoms. The zero-order valence-electron chi connectivity index (χ0n) is 9.03. The fraction of sp³-hybridized carbons (Fsp3) is 0.385. The van der Waals surface area contributed by atoms with Gasteiger partial charge in [0.25, 0.3) is 0 Å². The molecule has 2 nitrogen and oxygen atoms in total. The summed E-state index contributed by atoms with van der Waals surface area (Å²) in [6.07, 6.45) is 4.55. The number of anilines is 1. The quantitative estimate of drug-likeness (QED) is 0.728. The summed E-state index contributed by atoms with van der Waals surface area (Å²) in [6.45, 7) is 4.63. The van der Waals surface area contributed by atoms with E-state index in [0.717, 1.165) is 24.4 Å². The average molecular weight is 236 g/mol. The van der Waals surface area contributed by atoms with E-state index < -0.39 is 0 Å². The highest BCUT2D eigenvalue weighted by Crippen LogP contribution is 2.45. The Hall–Kier alpha value is -0.990. The standard InChI is InChI=1S/C13H14ClNO/c1-2-7-15-11-4-3-9(14)8-10(11)12-5-6-13(15)16-12/h2-4,8,12-13H,1,5-7H2. The number of ether oxygens (including phenoxy) is 1. The first-order valence-corrected chi connectivity index (χ1v) is 6.00. The lowest BCUT2D eigenvalue weighted by molar-refractivity contribution is 0.0336. The van der Waals surface area contributed by atoms with E-state index in [2.05, 4.69) is 17.5 Å². The van der Waals surface area contributed by atoms with Crippen LogP contribution in [0, 0.1) is 0 Å². The van der Waals surface area contributed by atoms with Crippen molar-refractivity contribution in [3.63, 3.8) is 0 Å². The lowest BCUT2D eigenvalue weighted by Gasteiger charge is -2.36. The van der Waals surface area contributed by atoms with Crippen molar-refractivity contribution >= 4 is 17.3 Å². The lowest BCUT2D eigenvalue weighted by atomic mass is 10.0. The topological polar surface area (TPSA) is 12.5 Å². The molecule has 2 bridgehead atoms. The Balaban J connectivity index is 2.08. The van der Waals surface area contributed by atoms with Crippen LogP contribution in [-0.4, -0.2) is 12.8 Å². The Kier molecular flexibility index (Phi) is 2.41. The van der Waals surface area contributed by atoms with Crippen LogP contribution in [0.5, 0.6) is 0 Å². The predicted molar refractivity (Wildman–Crippen MR) is 65.8 cm³/mol. The van der Waals surface area contributed by atoms with Gasteiger partial charge in [-0.15, -0.1) is 6.58 Å². The minimum Gasteiger partial charge on any atom is -0.350 e. The fourth-order valence-corrected chi connectivity index (χ4v) is 2.81. The van der Waals surface area contributed by atoms with Crippen molar-refractivity contribution in [3.05, 3.63) is 41.4 Å². The van der Waals surface area contributed by atoms with E-state index in [9.17, 15) is 0 Å². The molecule has 16 heavy (non-hydrogen) atoms. The third-order valence-electron chi connectivity index (χ3n) is 3.32. The SMILES string of the molecule is C=CCN1c2ccc(Cl)cc2C2CCC1O2. The van der Waals surface area contributed by atoms with Gasteiger partial charge in [0.2, 0.25) is 0 Å². The van der Waals surface area contributed by atoms with Crippen LogP contribution in [0.1, 0.15) is 24.5 Å². The van der Waals surface area contributed by atoms with Gasteiger partial charge in [-0.3, -0.25) is 0 Å². The van der Waals surface area contributed by atoms with Gasteiger partial charge < -0.3 is 9.64 Å². The van der Waals surface area contributed by atoms with Crippen LogP contribution in [0.3, 0.4) is 0 Å². The summed E-state index contributed by atoms with van der Waals surface area (Å²) >= 11 is 6.04. The summed E-state index contributed by atoms with van der Waals surface area (Å²) in [5, 5.41) is 0.784. The van der Waals surface area contributed by atoms with E-state index >= 15 is 0 Å². The van der Waals surface area contributed by atoms with Crippen molar-refractivity contribution in [1.29, 1.82) is 0 Å². The Labute approximate surface area is 100 Å². The van der Waals surface area contributed by atoms with Crippen LogP contribution < -0.4 is 4.90 Å². The van der Waals surface area contributed by atoms with Gasteiger partial charge >= 0.3 is 0 Å². The molecule has 0 radical (unpaired) electrons. The van der Waals surface area contributed by atoms with E-state index in [1.165, 1.54) is 11.3 Å². The first-order valence-electron chi connectivity index (χ1n) is 5.62. The molecule has 0 aliphatic carbocycles. The minimum atomic E-state index is 0.219. The van der Waals surface area contributed by atoms with Gasteiger partial charge in [-0.25, -0.2) is 0 Å². The lowest BCUT2D eigenvalue weighted by Crippen LogP contribution is -2.38. The second-order valence-corrected chi connectivity index (χ2v) is 4.74. The van der Waals surface area contributed by atoms with Crippen molar-refractivity contribution in [1.82, 2.24) is 0 Å². The number of fused-ring (bicyclic) bond motifs is 4. The van der Waals surface area contributed by atoms with Crippen molar-refractivity contribution < 1.29 is 4.74 Å². The molecule has 0 amide bonds. The van der Waals surface area contributed by atoms with E-state index in [1.54, 1.807) is 0 Å². The molecule has 2 aliphatic rings. The summed E-state index contributed by atoms with van der Waals surface area (Å²) < 4.78 is 5.96. The van der Waals surface area contributed by atoms with E-state index in [-0.39, 0.29) is 12.3 Å². The summed E-state index contributed by atoms with van der Waals surface area (Å²) in [4.78, 5) is 2.27. The van der Waals surface area contributed by atoms with Gasteiger partial charge in [0.1, 0.15) is 6.23 Å². The molecule has 0 saturated carbocycles. The molecule has 1 saturated heterocycles. The number of hydrogen-bond acceptors (Lipinski definition) is 2. The minimum absolute atomic E-state index is 0.219. The second-order valence-electron chi connectivity index (χ2n) is 4.30. The zero-order valence-corrected chi connectivity index (χ0v) is 9.78. The monoisotopic (exact) mass is 235 g/mol. The molecular weight excluding hydrogens is 222 g/mol.